The van der Waals surface area contributed by atoms with Crippen LogP contribution in [0.3, 0.4) is 0 Å². The molecule has 2 nitrogen and oxygen atoms in total. The largest absolute Gasteiger partial charge is 0.457 e. The summed E-state index contributed by atoms with van der Waals surface area (Å²) < 4.78 is 5.81. The van der Waals surface area contributed by atoms with Crippen LogP contribution in [0.25, 0.3) is 10.8 Å². The van der Waals surface area contributed by atoms with E-state index in [0.29, 0.717) is 0 Å². The van der Waals surface area contributed by atoms with Gasteiger partial charge < -0.3 is 4.74 Å². The molecule has 1 saturated carbocycles. The van der Waals surface area contributed by atoms with Crippen LogP contribution in [0.15, 0.2) is 42.5 Å². The summed E-state index contributed by atoms with van der Waals surface area (Å²) in [5.74, 6) is 0.384. The van der Waals surface area contributed by atoms with Gasteiger partial charge in [0.2, 0.25) is 0 Å². The average Bonchev–Trinajstić information content (AvgIpc) is 2.42. The number of fused-ring (bicyclic) bond motifs is 1. The van der Waals surface area contributed by atoms with Gasteiger partial charge in [0.1, 0.15) is 6.10 Å². The van der Waals surface area contributed by atoms with Crippen molar-refractivity contribution in [3.05, 3.63) is 48.0 Å². The number of hydrogen-bond donors (Lipinski definition) is 0. The Morgan fingerprint density at radius 1 is 1.10 bits per heavy atom. The van der Waals surface area contributed by atoms with Crippen molar-refractivity contribution < 1.29 is 9.53 Å². The number of ether oxygens (including phenoxy) is 1. The molecule has 2 aromatic carbocycles. The molecule has 110 valence electrons. The fourth-order valence-corrected chi connectivity index (χ4v) is 2.84. The van der Waals surface area contributed by atoms with Crippen molar-refractivity contribution in [3.63, 3.8) is 0 Å². The Labute approximate surface area is 126 Å². The normalized spacial score (nSPS) is 16.7. The summed E-state index contributed by atoms with van der Waals surface area (Å²) in [5.41, 5.74) is 1.09. The summed E-state index contributed by atoms with van der Waals surface area (Å²) in [4.78, 5) is 12.2. The Morgan fingerprint density at radius 3 is 2.43 bits per heavy atom. The zero-order chi connectivity index (χ0) is 14.8. The molecule has 2 heteroatoms. The van der Waals surface area contributed by atoms with E-state index in [2.05, 4.69) is 44.2 Å². The van der Waals surface area contributed by atoms with E-state index in [0.717, 1.165) is 24.8 Å². The van der Waals surface area contributed by atoms with E-state index in [1.165, 1.54) is 10.8 Å². The van der Waals surface area contributed by atoms with Crippen LogP contribution in [0.1, 0.15) is 44.8 Å². The molecule has 21 heavy (non-hydrogen) atoms. The molecule has 0 aliphatic heterocycles. The summed E-state index contributed by atoms with van der Waals surface area (Å²) in [6, 6.07) is 14.6. The summed E-state index contributed by atoms with van der Waals surface area (Å²) >= 11 is 0. The van der Waals surface area contributed by atoms with E-state index >= 15 is 0 Å². The minimum atomic E-state index is -0.150. The van der Waals surface area contributed by atoms with Crippen molar-refractivity contribution in [1.82, 2.24) is 0 Å². The lowest BCUT2D eigenvalue weighted by molar-refractivity contribution is -0.159. The molecular weight excluding hydrogens is 260 g/mol. The van der Waals surface area contributed by atoms with Crippen molar-refractivity contribution >= 4 is 16.7 Å². The molecule has 0 amide bonds. The topological polar surface area (TPSA) is 26.3 Å². The Morgan fingerprint density at radius 2 is 1.81 bits per heavy atom. The summed E-state index contributed by atoms with van der Waals surface area (Å²) in [6.45, 7) is 4.21. The van der Waals surface area contributed by atoms with Crippen LogP contribution in [0.4, 0.5) is 0 Å². The Hall–Kier alpha value is -1.83. The predicted molar refractivity (Wildman–Crippen MR) is 85.0 cm³/mol. The first-order valence-corrected chi connectivity index (χ1v) is 7.84. The van der Waals surface area contributed by atoms with E-state index in [-0.39, 0.29) is 23.9 Å². The minimum absolute atomic E-state index is 0.0203. The summed E-state index contributed by atoms with van der Waals surface area (Å²) in [5, 5.41) is 2.41. The molecule has 1 aliphatic rings. The summed E-state index contributed by atoms with van der Waals surface area (Å²) in [7, 11) is 0. The highest BCUT2D eigenvalue weighted by Crippen LogP contribution is 2.33. The molecule has 0 N–H and O–H groups in total. The fourth-order valence-electron chi connectivity index (χ4n) is 2.84. The standard InChI is InChI=1S/C19H22O2/c1-13(2)18(21-19(20)15-8-5-9-15)17-11-10-14-6-3-4-7-16(14)12-17/h3-4,6-7,10-13,15,18H,5,8-9H2,1-2H3. The van der Waals surface area contributed by atoms with Crippen LogP contribution in [0, 0.1) is 11.8 Å². The van der Waals surface area contributed by atoms with Crippen LogP contribution >= 0.6 is 0 Å². The van der Waals surface area contributed by atoms with Crippen LogP contribution < -0.4 is 0 Å². The van der Waals surface area contributed by atoms with Gasteiger partial charge in [-0.1, -0.05) is 56.7 Å². The van der Waals surface area contributed by atoms with Crippen molar-refractivity contribution in [2.24, 2.45) is 11.8 Å². The second kappa shape index (κ2) is 5.88. The molecule has 0 radical (unpaired) electrons. The molecular formula is C19H22O2. The smallest absolute Gasteiger partial charge is 0.309 e. The fraction of sp³-hybridized carbons (Fsp3) is 0.421. The third-order valence-electron chi connectivity index (χ3n) is 4.39. The second-order valence-electron chi connectivity index (χ2n) is 6.34. The average molecular weight is 282 g/mol. The van der Waals surface area contributed by atoms with E-state index < -0.39 is 0 Å². The molecule has 3 rings (SSSR count). The molecule has 0 spiro atoms. The predicted octanol–water partition coefficient (Wildman–Crippen LogP) is 4.88. The Kier molecular flexibility index (Phi) is 3.96. The van der Waals surface area contributed by atoms with Gasteiger partial charge in [0.05, 0.1) is 5.92 Å². The lowest BCUT2D eigenvalue weighted by Crippen LogP contribution is -2.27. The minimum Gasteiger partial charge on any atom is -0.457 e. The number of rotatable bonds is 4. The highest BCUT2D eigenvalue weighted by molar-refractivity contribution is 5.83. The molecule has 1 fully saturated rings. The van der Waals surface area contributed by atoms with E-state index in [9.17, 15) is 4.79 Å². The molecule has 1 aliphatic carbocycles. The zero-order valence-electron chi connectivity index (χ0n) is 12.7. The number of esters is 1. The molecule has 0 bridgehead atoms. The first-order chi connectivity index (χ1) is 10.1. The monoisotopic (exact) mass is 282 g/mol. The molecule has 1 unspecified atom stereocenters. The van der Waals surface area contributed by atoms with Crippen LogP contribution in [-0.2, 0) is 9.53 Å². The van der Waals surface area contributed by atoms with Gasteiger partial charge in [-0.3, -0.25) is 4.79 Å². The Balaban J connectivity index is 1.85. The van der Waals surface area contributed by atoms with Gasteiger partial charge in [0, 0.05) is 0 Å². The van der Waals surface area contributed by atoms with Gasteiger partial charge in [0.15, 0.2) is 0 Å². The van der Waals surface area contributed by atoms with Gasteiger partial charge in [-0.05, 0) is 41.2 Å². The maximum absolute atomic E-state index is 12.2. The molecule has 1 atom stereocenters. The van der Waals surface area contributed by atoms with Gasteiger partial charge in [-0.15, -0.1) is 0 Å². The van der Waals surface area contributed by atoms with E-state index in [1.807, 2.05) is 12.1 Å². The zero-order valence-corrected chi connectivity index (χ0v) is 12.7. The maximum atomic E-state index is 12.2. The first kappa shape index (κ1) is 14.1. The van der Waals surface area contributed by atoms with Gasteiger partial charge in [-0.2, -0.15) is 0 Å². The lowest BCUT2D eigenvalue weighted by Gasteiger charge is -2.28. The lowest BCUT2D eigenvalue weighted by atomic mass is 9.85. The SMILES string of the molecule is CC(C)C(OC(=O)C1CCC1)c1ccc2ccccc2c1. The number of carbonyl (C=O) groups excluding carboxylic acids is 1. The van der Waals surface area contributed by atoms with Crippen LogP contribution in [-0.4, -0.2) is 5.97 Å². The molecule has 2 aromatic rings. The van der Waals surface area contributed by atoms with Crippen molar-refractivity contribution in [2.75, 3.05) is 0 Å². The van der Waals surface area contributed by atoms with E-state index in [4.69, 9.17) is 4.74 Å². The quantitative estimate of drug-likeness (QED) is 0.747. The van der Waals surface area contributed by atoms with Gasteiger partial charge in [0.25, 0.3) is 0 Å². The molecule has 0 saturated heterocycles. The second-order valence-corrected chi connectivity index (χ2v) is 6.34. The van der Waals surface area contributed by atoms with Crippen molar-refractivity contribution in [2.45, 2.75) is 39.2 Å². The number of carbonyl (C=O) groups is 1. The third-order valence-corrected chi connectivity index (χ3v) is 4.39. The number of benzene rings is 2. The third kappa shape index (κ3) is 2.94. The number of hydrogen-bond acceptors (Lipinski definition) is 2. The summed E-state index contributed by atoms with van der Waals surface area (Å²) in [6.07, 6.45) is 2.98. The van der Waals surface area contributed by atoms with Crippen LogP contribution in [0.2, 0.25) is 0 Å². The highest BCUT2D eigenvalue weighted by atomic mass is 16.5. The van der Waals surface area contributed by atoms with Crippen LogP contribution in [0.5, 0.6) is 0 Å². The molecule has 0 heterocycles. The van der Waals surface area contributed by atoms with E-state index in [1.54, 1.807) is 0 Å². The van der Waals surface area contributed by atoms with Crippen molar-refractivity contribution in [1.29, 1.82) is 0 Å². The molecule has 0 aromatic heterocycles. The van der Waals surface area contributed by atoms with Gasteiger partial charge >= 0.3 is 5.97 Å². The Bertz CT molecular complexity index is 641. The maximum Gasteiger partial charge on any atom is 0.309 e. The van der Waals surface area contributed by atoms with Gasteiger partial charge in [-0.25, -0.2) is 0 Å². The highest BCUT2D eigenvalue weighted by Gasteiger charge is 2.30. The van der Waals surface area contributed by atoms with Crippen molar-refractivity contribution in [3.8, 4) is 0 Å². The first-order valence-electron chi connectivity index (χ1n) is 7.84.